The van der Waals surface area contributed by atoms with E-state index in [0.717, 1.165) is 25.7 Å². The van der Waals surface area contributed by atoms with Crippen LogP contribution in [0.3, 0.4) is 0 Å². The first-order valence-electron chi connectivity index (χ1n) is 5.25. The molecule has 0 aliphatic heterocycles. The fourth-order valence-corrected chi connectivity index (χ4v) is 1.80. The van der Waals surface area contributed by atoms with Gasteiger partial charge in [0, 0.05) is 0 Å². The highest BCUT2D eigenvalue weighted by molar-refractivity contribution is 5.22. The maximum Gasteiger partial charge on any atom is 0.0831 e. The molecule has 0 radical (unpaired) electrons. The largest absolute Gasteiger partial charge is 0.386 e. The van der Waals surface area contributed by atoms with Crippen LogP contribution in [-0.4, -0.2) is 10.7 Å². The number of allylic oxidation sites excluding steroid dienone is 3. The van der Waals surface area contributed by atoms with Crippen molar-refractivity contribution in [2.24, 2.45) is 0 Å². The lowest BCUT2D eigenvalue weighted by molar-refractivity contribution is 0.0709. The third-order valence-corrected chi connectivity index (χ3v) is 2.72. The molecule has 0 bridgehead atoms. The summed E-state index contributed by atoms with van der Waals surface area (Å²) in [5, 5.41) is 10.0. The van der Waals surface area contributed by atoms with Crippen LogP contribution < -0.4 is 0 Å². The van der Waals surface area contributed by atoms with Crippen molar-refractivity contribution < 1.29 is 5.11 Å². The molecule has 0 saturated heterocycles. The van der Waals surface area contributed by atoms with Gasteiger partial charge in [0.05, 0.1) is 5.60 Å². The monoisotopic (exact) mass is 180 g/mol. The molecular weight excluding hydrogens is 160 g/mol. The van der Waals surface area contributed by atoms with Gasteiger partial charge in [-0.3, -0.25) is 0 Å². The van der Waals surface area contributed by atoms with Crippen molar-refractivity contribution in [2.45, 2.75) is 51.6 Å². The Hall–Kier alpha value is -0.560. The molecule has 74 valence electrons. The Bertz CT molecular complexity index is 211. The van der Waals surface area contributed by atoms with Gasteiger partial charge in [-0.25, -0.2) is 0 Å². The van der Waals surface area contributed by atoms with Crippen molar-refractivity contribution in [1.82, 2.24) is 0 Å². The van der Waals surface area contributed by atoms with E-state index in [1.54, 1.807) is 0 Å². The molecule has 1 nitrogen and oxygen atoms in total. The minimum atomic E-state index is -0.545. The van der Waals surface area contributed by atoms with E-state index in [0.29, 0.717) is 0 Å². The van der Waals surface area contributed by atoms with Gasteiger partial charge in [0.25, 0.3) is 0 Å². The molecule has 13 heavy (non-hydrogen) atoms. The summed E-state index contributed by atoms with van der Waals surface area (Å²) in [5.74, 6) is 0. The van der Waals surface area contributed by atoms with E-state index in [4.69, 9.17) is 0 Å². The maximum atomic E-state index is 10.0. The van der Waals surface area contributed by atoms with E-state index in [9.17, 15) is 5.11 Å². The van der Waals surface area contributed by atoms with Crippen LogP contribution in [0.4, 0.5) is 0 Å². The van der Waals surface area contributed by atoms with Crippen molar-refractivity contribution in [3.05, 3.63) is 23.8 Å². The summed E-state index contributed by atoms with van der Waals surface area (Å²) in [4.78, 5) is 0. The summed E-state index contributed by atoms with van der Waals surface area (Å²) >= 11 is 0. The molecule has 0 aromatic carbocycles. The summed E-state index contributed by atoms with van der Waals surface area (Å²) in [6.07, 6.45) is 11.7. The second-order valence-electron chi connectivity index (χ2n) is 4.01. The molecule has 1 atom stereocenters. The van der Waals surface area contributed by atoms with Gasteiger partial charge in [-0.1, -0.05) is 25.2 Å². The zero-order valence-corrected chi connectivity index (χ0v) is 8.71. The van der Waals surface area contributed by atoms with Crippen molar-refractivity contribution in [2.75, 3.05) is 0 Å². The zero-order valence-electron chi connectivity index (χ0n) is 8.71. The van der Waals surface area contributed by atoms with Crippen molar-refractivity contribution in [1.29, 1.82) is 0 Å². The predicted octanol–water partition coefficient (Wildman–Crippen LogP) is 3.20. The van der Waals surface area contributed by atoms with E-state index in [2.05, 4.69) is 25.2 Å². The van der Waals surface area contributed by atoms with E-state index in [1.807, 2.05) is 6.92 Å². The van der Waals surface area contributed by atoms with Gasteiger partial charge in [-0.2, -0.15) is 0 Å². The standard InChI is InChI=1S/C12H20O/c1-3-4-5-8-11-9-6-7-10-12(11,2)13/h4-5,8,13H,3,6-7,9-10H2,1-2H3/b5-4+,11-8-/t12-/m1/s1. The second-order valence-corrected chi connectivity index (χ2v) is 4.01. The van der Waals surface area contributed by atoms with E-state index in [1.165, 1.54) is 12.0 Å². The van der Waals surface area contributed by atoms with Crippen LogP contribution in [0.15, 0.2) is 23.8 Å². The van der Waals surface area contributed by atoms with Crippen LogP contribution in [0, 0.1) is 0 Å². The highest BCUT2D eigenvalue weighted by Gasteiger charge is 2.27. The average molecular weight is 180 g/mol. The molecule has 0 unspecified atom stereocenters. The topological polar surface area (TPSA) is 20.2 Å². The molecule has 0 aromatic rings. The molecule has 1 aliphatic carbocycles. The van der Waals surface area contributed by atoms with Crippen molar-refractivity contribution in [3.63, 3.8) is 0 Å². The van der Waals surface area contributed by atoms with Gasteiger partial charge in [0.15, 0.2) is 0 Å². The van der Waals surface area contributed by atoms with Gasteiger partial charge in [0.2, 0.25) is 0 Å². The molecule has 1 fully saturated rings. The Morgan fingerprint density at radius 2 is 2.23 bits per heavy atom. The van der Waals surface area contributed by atoms with Crippen LogP contribution in [0.5, 0.6) is 0 Å². The van der Waals surface area contributed by atoms with Crippen LogP contribution in [0.2, 0.25) is 0 Å². The number of hydrogen-bond donors (Lipinski definition) is 1. The van der Waals surface area contributed by atoms with Gasteiger partial charge in [-0.05, 0) is 44.6 Å². The predicted molar refractivity (Wildman–Crippen MR) is 56.6 cm³/mol. The number of rotatable bonds is 2. The van der Waals surface area contributed by atoms with Crippen LogP contribution in [-0.2, 0) is 0 Å². The third-order valence-electron chi connectivity index (χ3n) is 2.72. The molecule has 0 aromatic heterocycles. The van der Waals surface area contributed by atoms with Crippen LogP contribution in [0.25, 0.3) is 0 Å². The average Bonchev–Trinajstić information content (AvgIpc) is 2.08. The summed E-state index contributed by atoms with van der Waals surface area (Å²) in [6.45, 7) is 4.05. The Labute approximate surface area is 81.2 Å². The Kier molecular flexibility index (Phi) is 3.73. The van der Waals surface area contributed by atoms with Gasteiger partial charge in [0.1, 0.15) is 0 Å². The molecule has 1 saturated carbocycles. The van der Waals surface area contributed by atoms with Crippen LogP contribution >= 0.6 is 0 Å². The first kappa shape index (κ1) is 10.5. The lowest BCUT2D eigenvalue weighted by Gasteiger charge is -2.31. The highest BCUT2D eigenvalue weighted by atomic mass is 16.3. The molecule has 1 N–H and O–H groups in total. The summed E-state index contributed by atoms with van der Waals surface area (Å²) in [5.41, 5.74) is 0.652. The van der Waals surface area contributed by atoms with Crippen molar-refractivity contribution in [3.8, 4) is 0 Å². The molecule has 1 heteroatoms. The lowest BCUT2D eigenvalue weighted by Crippen LogP contribution is -2.29. The molecule has 1 rings (SSSR count). The molecular formula is C12H20O. The smallest absolute Gasteiger partial charge is 0.0831 e. The van der Waals surface area contributed by atoms with Crippen molar-refractivity contribution >= 4 is 0 Å². The quantitative estimate of drug-likeness (QED) is 0.692. The normalized spacial score (nSPS) is 33.0. The minimum absolute atomic E-state index is 0.545. The molecule has 1 aliphatic rings. The summed E-state index contributed by atoms with van der Waals surface area (Å²) in [6, 6.07) is 0. The highest BCUT2D eigenvalue weighted by Crippen LogP contribution is 2.32. The Morgan fingerprint density at radius 1 is 1.46 bits per heavy atom. The first-order valence-corrected chi connectivity index (χ1v) is 5.25. The fraction of sp³-hybridized carbons (Fsp3) is 0.667. The molecule has 0 spiro atoms. The SMILES string of the molecule is CC/C=C/C=C1/CCCC[C@@]1(C)O. The lowest BCUT2D eigenvalue weighted by atomic mass is 9.81. The summed E-state index contributed by atoms with van der Waals surface area (Å²) in [7, 11) is 0. The molecule has 0 heterocycles. The third kappa shape index (κ3) is 3.00. The number of hydrogen-bond acceptors (Lipinski definition) is 1. The van der Waals surface area contributed by atoms with Gasteiger partial charge in [-0.15, -0.1) is 0 Å². The maximum absolute atomic E-state index is 10.0. The second kappa shape index (κ2) is 4.61. The van der Waals surface area contributed by atoms with Gasteiger partial charge < -0.3 is 5.11 Å². The van der Waals surface area contributed by atoms with E-state index >= 15 is 0 Å². The Morgan fingerprint density at radius 3 is 2.85 bits per heavy atom. The first-order chi connectivity index (χ1) is 6.17. The summed E-state index contributed by atoms with van der Waals surface area (Å²) < 4.78 is 0. The minimum Gasteiger partial charge on any atom is -0.386 e. The fourth-order valence-electron chi connectivity index (χ4n) is 1.80. The Balaban J connectivity index is 2.64. The molecule has 0 amide bonds. The zero-order chi connectivity index (χ0) is 9.73. The van der Waals surface area contributed by atoms with E-state index < -0.39 is 5.60 Å². The van der Waals surface area contributed by atoms with Crippen LogP contribution in [0.1, 0.15) is 46.0 Å². The van der Waals surface area contributed by atoms with E-state index in [-0.39, 0.29) is 0 Å². The number of aliphatic hydroxyl groups is 1. The van der Waals surface area contributed by atoms with Gasteiger partial charge >= 0.3 is 0 Å².